The number of aromatic nitrogens is 4. The Kier molecular flexibility index (Phi) is 10.0. The molecule has 3 aromatic rings. The van der Waals surface area contributed by atoms with E-state index in [9.17, 15) is 37.3 Å². The quantitative estimate of drug-likeness (QED) is 0.0228. The Morgan fingerprint density at radius 1 is 1.30 bits per heavy atom. The largest absolute Gasteiger partial charge is 0.478 e. The third-order valence-corrected chi connectivity index (χ3v) is 9.18. The molecule has 1 fully saturated rings. The summed E-state index contributed by atoms with van der Waals surface area (Å²) < 4.78 is 37.4. The number of anilines is 1. The van der Waals surface area contributed by atoms with E-state index in [1.54, 1.807) is 6.20 Å². The Morgan fingerprint density at radius 3 is 2.63 bits per heavy atom. The Labute approximate surface area is 268 Å². The zero-order valence-corrected chi connectivity index (χ0v) is 26.8. The van der Waals surface area contributed by atoms with Crippen LogP contribution in [0.15, 0.2) is 29.1 Å². The molecule has 46 heavy (non-hydrogen) atoms. The normalized spacial score (nSPS) is 17.0. The second kappa shape index (κ2) is 13.4. The fraction of sp³-hybridized carbons (Fsp3) is 0.391. The summed E-state index contributed by atoms with van der Waals surface area (Å²) in [5.74, 6) is 0.963. The number of nitrogen functional groups attached to an aromatic ring is 1. The van der Waals surface area contributed by atoms with Crippen LogP contribution in [0.1, 0.15) is 29.2 Å². The molecule has 9 N–H and O–H groups in total. The van der Waals surface area contributed by atoms with Gasteiger partial charge < -0.3 is 26.3 Å². The molecule has 23 heteroatoms. The van der Waals surface area contributed by atoms with Gasteiger partial charge in [0.1, 0.15) is 21.6 Å². The van der Waals surface area contributed by atoms with E-state index in [0.717, 1.165) is 28.2 Å². The summed E-state index contributed by atoms with van der Waals surface area (Å²) in [7, 11) is -3.27. The SMILES string of the molecule is C[n+]1cc(-c2ncc(C(=O)NC[C@@H]3[C@H](NC(=O)/C(=N\OC(C)(C)C(=O)O)c4csc(N)n4)C(=O)N3S(=O)(=O)O)s2)cn1CCNN. The zero-order valence-electron chi connectivity index (χ0n) is 24.4. The second-order valence-corrected chi connectivity index (χ2v) is 13.4. The number of amides is 3. The molecule has 3 aromatic heterocycles. The number of hydrogen-bond donors (Lipinski definition) is 7. The maximum Gasteiger partial charge on any atom is 0.362 e. The Bertz CT molecular complexity index is 1800. The first-order valence-corrected chi connectivity index (χ1v) is 16.2. The highest BCUT2D eigenvalue weighted by atomic mass is 32.2. The molecular weight excluding hydrogens is 671 g/mol. The fourth-order valence-electron chi connectivity index (χ4n) is 4.04. The number of nitrogens with two attached hydrogens (primary N) is 2. The molecule has 0 aliphatic carbocycles. The van der Waals surface area contributed by atoms with Crippen LogP contribution in [-0.4, -0.2) is 97.2 Å². The summed E-state index contributed by atoms with van der Waals surface area (Å²) in [6.07, 6.45) is 4.95. The van der Waals surface area contributed by atoms with Crippen molar-refractivity contribution in [2.75, 3.05) is 18.8 Å². The van der Waals surface area contributed by atoms with Crippen molar-refractivity contribution in [1.82, 2.24) is 35.0 Å². The van der Waals surface area contributed by atoms with Gasteiger partial charge in [0.2, 0.25) is 11.8 Å². The van der Waals surface area contributed by atoms with E-state index in [4.69, 9.17) is 16.4 Å². The summed E-state index contributed by atoms with van der Waals surface area (Å²) in [5, 5.41) is 19.6. The molecule has 1 saturated heterocycles. The smallest absolute Gasteiger partial charge is 0.362 e. The lowest BCUT2D eigenvalue weighted by Gasteiger charge is -2.44. The molecule has 2 atom stereocenters. The maximum absolute atomic E-state index is 13.2. The van der Waals surface area contributed by atoms with Gasteiger partial charge in [0.15, 0.2) is 17.9 Å². The third kappa shape index (κ3) is 7.45. The molecule has 3 amide bonds. The van der Waals surface area contributed by atoms with Gasteiger partial charge >= 0.3 is 16.3 Å². The number of carbonyl (C=O) groups is 4. The summed E-state index contributed by atoms with van der Waals surface area (Å²) in [5.41, 5.74) is 6.38. The van der Waals surface area contributed by atoms with Crippen LogP contribution in [0.2, 0.25) is 0 Å². The molecule has 20 nitrogen and oxygen atoms in total. The second-order valence-electron chi connectivity index (χ2n) is 10.2. The van der Waals surface area contributed by atoms with Crippen LogP contribution in [0.25, 0.3) is 10.6 Å². The number of nitrogens with zero attached hydrogens (tertiary/aromatic N) is 6. The van der Waals surface area contributed by atoms with E-state index in [0.29, 0.717) is 18.1 Å². The molecule has 0 aromatic carbocycles. The van der Waals surface area contributed by atoms with Crippen molar-refractivity contribution in [3.05, 3.63) is 34.5 Å². The van der Waals surface area contributed by atoms with Gasteiger partial charge in [0.25, 0.3) is 17.7 Å². The predicted molar refractivity (Wildman–Crippen MR) is 161 cm³/mol. The molecule has 0 unspecified atom stereocenters. The lowest BCUT2D eigenvalue weighted by molar-refractivity contribution is -0.753. The Morgan fingerprint density at radius 2 is 2.02 bits per heavy atom. The van der Waals surface area contributed by atoms with Gasteiger partial charge in [-0.05, 0) is 13.8 Å². The number of carbonyl (C=O) groups excluding carboxylic acids is 3. The molecule has 1 aliphatic rings. The van der Waals surface area contributed by atoms with Crippen LogP contribution in [-0.2, 0) is 43.1 Å². The van der Waals surface area contributed by atoms with Crippen molar-refractivity contribution in [1.29, 1.82) is 0 Å². The van der Waals surface area contributed by atoms with Gasteiger partial charge in [0.05, 0.1) is 30.5 Å². The molecule has 1 aliphatic heterocycles. The van der Waals surface area contributed by atoms with E-state index in [2.05, 4.69) is 31.2 Å². The fourth-order valence-corrected chi connectivity index (χ4v) is 6.27. The lowest BCUT2D eigenvalue weighted by Crippen LogP contribution is -2.74. The first-order chi connectivity index (χ1) is 21.5. The zero-order chi connectivity index (χ0) is 34.0. The number of β-lactam (4-membered cyclic amide) rings is 1. The summed E-state index contributed by atoms with van der Waals surface area (Å²) in [6, 6.07) is -3.02. The van der Waals surface area contributed by atoms with Gasteiger partial charge in [-0.1, -0.05) is 5.16 Å². The number of aryl methyl sites for hydroxylation is 1. The minimum absolute atomic E-state index is 0.0347. The van der Waals surface area contributed by atoms with Gasteiger partial charge in [-0.15, -0.1) is 27.4 Å². The topological polar surface area (TPSA) is 290 Å². The number of hydrogen-bond acceptors (Lipinski definition) is 15. The monoisotopic (exact) mass is 700 g/mol. The average molecular weight is 701 g/mol. The van der Waals surface area contributed by atoms with Gasteiger partial charge in [0, 0.05) is 18.5 Å². The van der Waals surface area contributed by atoms with Crippen molar-refractivity contribution < 1.29 is 46.8 Å². The number of rotatable bonds is 14. The van der Waals surface area contributed by atoms with E-state index >= 15 is 0 Å². The summed E-state index contributed by atoms with van der Waals surface area (Å²) in [4.78, 5) is 63.8. The Balaban J connectivity index is 1.50. The molecule has 248 valence electrons. The van der Waals surface area contributed by atoms with Crippen molar-refractivity contribution in [2.24, 2.45) is 18.0 Å². The van der Waals surface area contributed by atoms with Crippen LogP contribution >= 0.6 is 22.7 Å². The van der Waals surface area contributed by atoms with Crippen LogP contribution in [0.3, 0.4) is 0 Å². The number of aliphatic carboxylic acids is 1. The predicted octanol–water partition coefficient (Wildman–Crippen LogP) is -2.55. The number of hydrazine groups is 1. The van der Waals surface area contributed by atoms with E-state index < -0.39 is 63.9 Å². The molecule has 0 spiro atoms. The third-order valence-electron chi connectivity index (χ3n) is 6.52. The first-order valence-electron chi connectivity index (χ1n) is 13.1. The van der Waals surface area contributed by atoms with Crippen LogP contribution in [0.4, 0.5) is 5.13 Å². The molecule has 0 saturated carbocycles. The number of thiazole rings is 2. The van der Waals surface area contributed by atoms with Gasteiger partial charge in [-0.25, -0.2) is 19.1 Å². The number of carboxylic acid groups (broad SMARTS) is 1. The number of carboxylic acids is 1. The van der Waals surface area contributed by atoms with Crippen LogP contribution in [0, 0.1) is 0 Å². The molecule has 4 rings (SSSR count). The standard InChI is InChI=1S/C23H29N11O9S3/c1-23(2,21(38)39)43-31-15(12-10-44-22(24)29-12)18(36)30-16-13(34(20(16)37)46(40,41)42)6-26-17(35)14-7-27-19(45-14)11-8-32(3)33(9-11)5-4-28-25/h7-10,13,16,28H,4-6,25H2,1-3H3,(H5-,24,26,29,30,35,36,38,39,40,41,42)/p+1/b31-15-/t13-,16+/m1/s1. The van der Waals surface area contributed by atoms with Crippen molar-refractivity contribution in [3.63, 3.8) is 0 Å². The van der Waals surface area contributed by atoms with Gasteiger partial charge in [-0.3, -0.25) is 30.2 Å². The van der Waals surface area contributed by atoms with Crippen LogP contribution in [0.5, 0.6) is 0 Å². The highest BCUT2D eigenvalue weighted by Gasteiger charge is 2.54. The molecule has 0 radical (unpaired) electrons. The van der Waals surface area contributed by atoms with Crippen molar-refractivity contribution in [2.45, 2.75) is 38.1 Å². The molecule has 4 heterocycles. The van der Waals surface area contributed by atoms with E-state index in [1.165, 1.54) is 25.4 Å². The minimum Gasteiger partial charge on any atom is -0.478 e. The number of oxime groups is 1. The molecular formula is C23H30N11O9S3+. The number of nitrogens with one attached hydrogen (secondary N) is 3. The highest BCUT2D eigenvalue weighted by Crippen LogP contribution is 2.26. The summed E-state index contributed by atoms with van der Waals surface area (Å²) >= 11 is 1.99. The van der Waals surface area contributed by atoms with Crippen LogP contribution < -0.4 is 32.3 Å². The lowest BCUT2D eigenvalue weighted by atomic mass is 9.98. The first kappa shape index (κ1) is 34.3. The summed E-state index contributed by atoms with van der Waals surface area (Å²) in [6.45, 7) is 2.92. The van der Waals surface area contributed by atoms with Crippen molar-refractivity contribution >= 4 is 67.5 Å². The molecule has 0 bridgehead atoms. The van der Waals surface area contributed by atoms with E-state index in [-0.39, 0.29) is 20.0 Å². The Hall–Kier alpha value is -4.55. The van der Waals surface area contributed by atoms with Gasteiger partial charge in [-0.2, -0.15) is 13.1 Å². The van der Waals surface area contributed by atoms with E-state index in [1.807, 2.05) is 22.6 Å². The minimum atomic E-state index is -5.09. The maximum atomic E-state index is 13.2. The highest BCUT2D eigenvalue weighted by molar-refractivity contribution is 7.84. The average Bonchev–Trinajstić information content (AvgIpc) is 3.72. The van der Waals surface area contributed by atoms with Crippen molar-refractivity contribution in [3.8, 4) is 10.6 Å².